The molecule has 0 aromatic carbocycles. The Kier molecular flexibility index (Phi) is 3.07. The lowest BCUT2D eigenvalue weighted by Gasteiger charge is -2.65. The summed E-state index contributed by atoms with van der Waals surface area (Å²) in [5.41, 5.74) is 1.20. The van der Waals surface area contributed by atoms with Crippen molar-refractivity contribution in [3.05, 3.63) is 24.2 Å². The molecular formula is C18H21N7OS. The molecule has 140 valence electrons. The summed E-state index contributed by atoms with van der Waals surface area (Å²) in [4.78, 5) is 11.7. The highest BCUT2D eigenvalue weighted by Gasteiger charge is 2.70. The highest BCUT2D eigenvalue weighted by atomic mass is 32.1. The molecular weight excluding hydrogens is 362 g/mol. The molecule has 3 aromatic rings. The minimum Gasteiger partial charge on any atom is -0.493 e. The molecule has 3 fully saturated rings. The quantitative estimate of drug-likeness (QED) is 0.740. The molecule has 2 saturated carbocycles. The summed E-state index contributed by atoms with van der Waals surface area (Å²) >= 11 is 1.52. The average molecular weight is 383 g/mol. The molecule has 9 heteroatoms. The van der Waals surface area contributed by atoms with Gasteiger partial charge in [-0.05, 0) is 43.2 Å². The van der Waals surface area contributed by atoms with E-state index in [0.29, 0.717) is 29.2 Å². The van der Waals surface area contributed by atoms with E-state index in [-0.39, 0.29) is 0 Å². The number of nitrogens with zero attached hydrogens (tertiary/aromatic N) is 6. The third kappa shape index (κ3) is 2.03. The van der Waals surface area contributed by atoms with E-state index in [2.05, 4.69) is 29.7 Å². The standard InChI is InChI=1S/C18H21N7OS/c1-10-19-17(27-23-10)24-8-12-14(11-5-6-18(11,12)9-24)20-16-21-15-13(26-2)4-3-7-25(15)22-16/h3-4,7,11-12,14H,5-6,8-9H2,1-2H3,(H,20,22). The number of aryl methyl sites for hydroxylation is 1. The van der Waals surface area contributed by atoms with Crippen molar-refractivity contribution in [2.24, 2.45) is 17.3 Å². The van der Waals surface area contributed by atoms with Crippen LogP contribution in [0.5, 0.6) is 5.75 Å². The van der Waals surface area contributed by atoms with Gasteiger partial charge in [0.2, 0.25) is 11.1 Å². The van der Waals surface area contributed by atoms with Crippen molar-refractivity contribution in [3.63, 3.8) is 0 Å². The Hall–Kier alpha value is -2.42. The molecule has 8 nitrogen and oxygen atoms in total. The number of pyridine rings is 1. The summed E-state index contributed by atoms with van der Waals surface area (Å²) in [6.07, 6.45) is 4.51. The van der Waals surface area contributed by atoms with E-state index in [9.17, 15) is 0 Å². The van der Waals surface area contributed by atoms with E-state index in [0.717, 1.165) is 35.4 Å². The second kappa shape index (κ2) is 5.31. The molecule has 6 rings (SSSR count). The molecule has 1 N–H and O–H groups in total. The molecule has 1 spiro atoms. The topological polar surface area (TPSA) is 80.5 Å². The summed E-state index contributed by atoms with van der Waals surface area (Å²) in [6, 6.07) is 4.26. The Morgan fingerprint density at radius 1 is 1.33 bits per heavy atom. The number of fused-ring (bicyclic) bond motifs is 1. The Bertz CT molecular complexity index is 1030. The maximum Gasteiger partial charge on any atom is 0.243 e. The summed E-state index contributed by atoms with van der Waals surface area (Å²) in [7, 11) is 1.66. The van der Waals surface area contributed by atoms with E-state index in [4.69, 9.17) is 4.74 Å². The van der Waals surface area contributed by atoms with Gasteiger partial charge in [-0.25, -0.2) is 9.50 Å². The summed E-state index contributed by atoms with van der Waals surface area (Å²) in [6.45, 7) is 4.11. The van der Waals surface area contributed by atoms with Crippen LogP contribution < -0.4 is 15.0 Å². The average Bonchev–Trinajstić information content (AvgIpc) is 3.35. The van der Waals surface area contributed by atoms with E-state index < -0.39 is 0 Å². The fraction of sp³-hybridized carbons (Fsp3) is 0.556. The van der Waals surface area contributed by atoms with Crippen LogP contribution in [0.2, 0.25) is 0 Å². The molecule has 1 aliphatic heterocycles. The molecule has 4 unspecified atom stereocenters. The van der Waals surface area contributed by atoms with Crippen LogP contribution in [0.25, 0.3) is 5.65 Å². The highest BCUT2D eigenvalue weighted by Crippen LogP contribution is 2.68. The van der Waals surface area contributed by atoms with Gasteiger partial charge in [0.25, 0.3) is 0 Å². The minimum atomic E-state index is 0.432. The van der Waals surface area contributed by atoms with Crippen LogP contribution in [-0.2, 0) is 0 Å². The van der Waals surface area contributed by atoms with Crippen molar-refractivity contribution >= 4 is 28.3 Å². The number of methoxy groups -OCH3 is 1. The van der Waals surface area contributed by atoms with E-state index >= 15 is 0 Å². The minimum absolute atomic E-state index is 0.432. The Morgan fingerprint density at radius 3 is 3.00 bits per heavy atom. The Labute approximate surface area is 160 Å². The lowest BCUT2D eigenvalue weighted by Crippen LogP contribution is -2.68. The van der Waals surface area contributed by atoms with Gasteiger partial charge < -0.3 is 15.0 Å². The van der Waals surface area contributed by atoms with Crippen molar-refractivity contribution in [3.8, 4) is 5.75 Å². The van der Waals surface area contributed by atoms with E-state index in [1.54, 1.807) is 11.6 Å². The molecule has 2 aliphatic carbocycles. The maximum atomic E-state index is 5.40. The van der Waals surface area contributed by atoms with Crippen LogP contribution in [0, 0.1) is 24.2 Å². The first-order valence-corrected chi connectivity index (χ1v) is 10.2. The van der Waals surface area contributed by atoms with Gasteiger partial charge in [-0.3, -0.25) is 0 Å². The third-order valence-electron chi connectivity index (χ3n) is 6.80. The van der Waals surface area contributed by atoms with Gasteiger partial charge in [-0.2, -0.15) is 9.36 Å². The van der Waals surface area contributed by atoms with Gasteiger partial charge in [0.15, 0.2) is 11.4 Å². The van der Waals surface area contributed by atoms with Crippen LogP contribution >= 0.6 is 11.5 Å². The molecule has 3 aromatic heterocycles. The van der Waals surface area contributed by atoms with Crippen LogP contribution in [0.4, 0.5) is 11.1 Å². The zero-order valence-electron chi connectivity index (χ0n) is 15.3. The lowest BCUT2D eigenvalue weighted by molar-refractivity contribution is -0.117. The van der Waals surface area contributed by atoms with E-state index in [1.807, 2.05) is 25.3 Å². The first-order valence-electron chi connectivity index (χ1n) is 9.39. The van der Waals surface area contributed by atoms with Crippen molar-refractivity contribution < 1.29 is 4.74 Å². The number of nitrogens with one attached hydrogen (secondary N) is 1. The Morgan fingerprint density at radius 2 is 2.26 bits per heavy atom. The largest absolute Gasteiger partial charge is 0.493 e. The number of anilines is 2. The molecule has 0 bridgehead atoms. The zero-order valence-corrected chi connectivity index (χ0v) is 16.1. The molecule has 4 atom stereocenters. The van der Waals surface area contributed by atoms with Crippen LogP contribution in [0.3, 0.4) is 0 Å². The van der Waals surface area contributed by atoms with Crippen molar-refractivity contribution in [1.82, 2.24) is 24.0 Å². The van der Waals surface area contributed by atoms with E-state index in [1.165, 1.54) is 24.4 Å². The number of hydrogen-bond donors (Lipinski definition) is 1. The Balaban J connectivity index is 1.26. The van der Waals surface area contributed by atoms with Gasteiger partial charge in [0, 0.05) is 42.8 Å². The van der Waals surface area contributed by atoms with Crippen LogP contribution in [-0.4, -0.2) is 50.2 Å². The molecule has 3 aliphatic rings. The zero-order chi connectivity index (χ0) is 18.2. The number of rotatable bonds is 4. The molecule has 1 saturated heterocycles. The normalized spacial score (nSPS) is 31.2. The SMILES string of the molecule is COc1cccn2nc(NC3C4CCC45CN(c4nc(C)ns4)CC35)nc12. The number of aromatic nitrogens is 5. The second-order valence-electron chi connectivity index (χ2n) is 7.94. The number of hydrogen-bond acceptors (Lipinski definition) is 8. The fourth-order valence-electron chi connectivity index (χ4n) is 5.48. The predicted molar refractivity (Wildman–Crippen MR) is 102 cm³/mol. The lowest BCUT2D eigenvalue weighted by atomic mass is 9.41. The second-order valence-corrected chi connectivity index (χ2v) is 8.67. The molecule has 0 amide bonds. The van der Waals surface area contributed by atoms with Gasteiger partial charge in [-0.15, -0.1) is 5.10 Å². The first-order chi connectivity index (χ1) is 13.2. The van der Waals surface area contributed by atoms with Gasteiger partial charge in [0.05, 0.1) is 7.11 Å². The van der Waals surface area contributed by atoms with Gasteiger partial charge in [0.1, 0.15) is 5.82 Å². The monoisotopic (exact) mass is 383 g/mol. The van der Waals surface area contributed by atoms with Crippen molar-refractivity contribution in [2.45, 2.75) is 25.8 Å². The molecule has 0 radical (unpaired) electrons. The predicted octanol–water partition coefficient (Wildman–Crippen LogP) is 2.22. The number of ether oxygens (including phenoxy) is 1. The highest BCUT2D eigenvalue weighted by molar-refractivity contribution is 7.09. The van der Waals surface area contributed by atoms with Crippen LogP contribution in [0.1, 0.15) is 18.7 Å². The summed E-state index contributed by atoms with van der Waals surface area (Å²) in [5, 5.41) is 9.30. The maximum absolute atomic E-state index is 5.40. The molecule has 27 heavy (non-hydrogen) atoms. The van der Waals surface area contributed by atoms with Gasteiger partial charge >= 0.3 is 0 Å². The summed E-state index contributed by atoms with van der Waals surface area (Å²) in [5.74, 6) is 3.62. The van der Waals surface area contributed by atoms with Gasteiger partial charge in [-0.1, -0.05) is 0 Å². The first kappa shape index (κ1) is 15.6. The smallest absolute Gasteiger partial charge is 0.243 e. The molecule has 4 heterocycles. The van der Waals surface area contributed by atoms with Crippen molar-refractivity contribution in [1.29, 1.82) is 0 Å². The van der Waals surface area contributed by atoms with Crippen LogP contribution in [0.15, 0.2) is 18.3 Å². The fourth-order valence-corrected chi connectivity index (χ4v) is 6.16. The van der Waals surface area contributed by atoms with Crippen molar-refractivity contribution in [2.75, 3.05) is 30.4 Å². The third-order valence-corrected chi connectivity index (χ3v) is 7.66. The summed E-state index contributed by atoms with van der Waals surface area (Å²) < 4.78 is 11.5.